The first-order valence-corrected chi connectivity index (χ1v) is 6.82. The van der Waals surface area contributed by atoms with E-state index in [2.05, 4.69) is 0 Å². The number of β-amino-alcohol motifs (C(OH)–C–C–N with tert-alkyl or cyclic N) is 1. The van der Waals surface area contributed by atoms with Crippen molar-refractivity contribution < 1.29 is 19.8 Å². The van der Waals surface area contributed by atoms with Gasteiger partial charge in [-0.2, -0.15) is 0 Å². The molecule has 1 aliphatic heterocycles. The predicted octanol–water partition coefficient (Wildman–Crippen LogP) is 1.06. The van der Waals surface area contributed by atoms with Crippen LogP contribution in [0.3, 0.4) is 0 Å². The van der Waals surface area contributed by atoms with Gasteiger partial charge in [-0.05, 0) is 18.4 Å². The molecule has 1 heterocycles. The van der Waals surface area contributed by atoms with Crippen LogP contribution in [0.2, 0.25) is 0 Å². The molecule has 0 aliphatic carbocycles. The lowest BCUT2D eigenvalue weighted by Crippen LogP contribution is -2.40. The topological polar surface area (TPSA) is 77.8 Å². The van der Waals surface area contributed by atoms with Gasteiger partial charge >= 0.3 is 5.97 Å². The molecule has 1 unspecified atom stereocenters. The molecule has 1 aromatic rings. The van der Waals surface area contributed by atoms with E-state index in [1.165, 1.54) is 4.90 Å². The maximum Gasteiger partial charge on any atom is 0.326 e. The van der Waals surface area contributed by atoms with Gasteiger partial charge in [0.15, 0.2) is 0 Å². The number of carboxylic acids is 1. The molecule has 0 bridgehead atoms. The number of nitrogens with zero attached hydrogens (tertiary/aromatic N) is 1. The zero-order valence-corrected chi connectivity index (χ0v) is 11.2. The second-order valence-corrected chi connectivity index (χ2v) is 5.13. The molecule has 1 aromatic carbocycles. The third-order valence-electron chi connectivity index (χ3n) is 3.58. The number of carbonyl (C=O) groups excluding carboxylic acids is 1. The Morgan fingerprint density at radius 1 is 1.25 bits per heavy atom. The maximum absolute atomic E-state index is 12.0. The van der Waals surface area contributed by atoms with E-state index >= 15 is 0 Å². The van der Waals surface area contributed by atoms with Gasteiger partial charge in [-0.3, -0.25) is 4.79 Å². The largest absolute Gasteiger partial charge is 0.480 e. The predicted molar refractivity (Wildman–Crippen MR) is 73.1 cm³/mol. The van der Waals surface area contributed by atoms with Crippen molar-refractivity contribution in [2.75, 3.05) is 6.54 Å². The van der Waals surface area contributed by atoms with Crippen molar-refractivity contribution >= 4 is 11.9 Å². The third kappa shape index (κ3) is 3.57. The minimum Gasteiger partial charge on any atom is -0.480 e. The molecule has 108 valence electrons. The Hall–Kier alpha value is -1.88. The number of hydrogen-bond donors (Lipinski definition) is 2. The Morgan fingerprint density at radius 3 is 2.60 bits per heavy atom. The Kier molecular flexibility index (Phi) is 4.74. The first-order valence-electron chi connectivity index (χ1n) is 6.82. The van der Waals surface area contributed by atoms with Gasteiger partial charge < -0.3 is 15.1 Å². The average molecular weight is 277 g/mol. The number of rotatable bonds is 5. The second kappa shape index (κ2) is 6.52. The Labute approximate surface area is 117 Å². The summed E-state index contributed by atoms with van der Waals surface area (Å²) in [5.74, 6) is -1.23. The first kappa shape index (κ1) is 14.5. The average Bonchev–Trinajstić information content (AvgIpc) is 2.82. The van der Waals surface area contributed by atoms with Crippen molar-refractivity contribution in [1.82, 2.24) is 4.90 Å². The van der Waals surface area contributed by atoms with E-state index in [4.69, 9.17) is 5.11 Å². The number of hydrogen-bond acceptors (Lipinski definition) is 3. The second-order valence-electron chi connectivity index (χ2n) is 5.13. The number of carbonyl (C=O) groups is 2. The van der Waals surface area contributed by atoms with E-state index in [-0.39, 0.29) is 18.9 Å². The normalized spacial score (nSPS) is 21.9. The molecule has 5 nitrogen and oxygen atoms in total. The molecule has 1 amide bonds. The summed E-state index contributed by atoms with van der Waals surface area (Å²) in [6.07, 6.45) is 1.18. The Bertz CT molecular complexity index is 474. The van der Waals surface area contributed by atoms with Crippen LogP contribution in [0, 0.1) is 0 Å². The Morgan fingerprint density at radius 2 is 1.95 bits per heavy atom. The SMILES string of the molecule is O=C(O)[C@@H]1CC(O)CN1C(=O)CCCc1ccccc1. The lowest BCUT2D eigenvalue weighted by Gasteiger charge is -2.21. The molecule has 2 rings (SSSR count). The summed E-state index contributed by atoms with van der Waals surface area (Å²) >= 11 is 0. The van der Waals surface area contributed by atoms with Crippen molar-refractivity contribution in [2.45, 2.75) is 37.8 Å². The van der Waals surface area contributed by atoms with Gasteiger partial charge in [0, 0.05) is 19.4 Å². The molecule has 0 saturated carbocycles. The molecule has 20 heavy (non-hydrogen) atoms. The first-order chi connectivity index (χ1) is 9.58. The number of amides is 1. The van der Waals surface area contributed by atoms with Gasteiger partial charge in [0.2, 0.25) is 5.91 Å². The van der Waals surface area contributed by atoms with E-state index < -0.39 is 18.1 Å². The molecule has 1 fully saturated rings. The molecule has 1 saturated heterocycles. The summed E-state index contributed by atoms with van der Waals surface area (Å²) in [6.45, 7) is 0.126. The van der Waals surface area contributed by atoms with E-state index in [1.54, 1.807) is 0 Å². The highest BCUT2D eigenvalue weighted by Gasteiger charge is 2.38. The van der Waals surface area contributed by atoms with Crippen LogP contribution in [-0.4, -0.2) is 45.7 Å². The van der Waals surface area contributed by atoms with Crippen LogP contribution >= 0.6 is 0 Å². The fraction of sp³-hybridized carbons (Fsp3) is 0.467. The van der Waals surface area contributed by atoms with Crippen molar-refractivity contribution in [3.05, 3.63) is 35.9 Å². The van der Waals surface area contributed by atoms with Gasteiger partial charge in [-0.15, -0.1) is 0 Å². The molecule has 0 radical (unpaired) electrons. The minimum absolute atomic E-state index is 0.125. The highest BCUT2D eigenvalue weighted by molar-refractivity contribution is 5.84. The van der Waals surface area contributed by atoms with Gasteiger partial charge in [-0.25, -0.2) is 4.79 Å². The molecule has 0 aromatic heterocycles. The molecule has 2 N–H and O–H groups in total. The molecule has 1 aliphatic rings. The molecular formula is C15H19NO4. The number of aliphatic hydroxyl groups is 1. The van der Waals surface area contributed by atoms with E-state index in [9.17, 15) is 14.7 Å². The smallest absolute Gasteiger partial charge is 0.326 e. The van der Waals surface area contributed by atoms with Crippen molar-refractivity contribution in [3.8, 4) is 0 Å². The Balaban J connectivity index is 1.84. The fourth-order valence-electron chi connectivity index (χ4n) is 2.56. The summed E-state index contributed by atoms with van der Waals surface area (Å²) in [5, 5.41) is 18.6. The van der Waals surface area contributed by atoms with Gasteiger partial charge in [-0.1, -0.05) is 30.3 Å². The third-order valence-corrected chi connectivity index (χ3v) is 3.58. The summed E-state index contributed by atoms with van der Waals surface area (Å²) in [6, 6.07) is 8.98. The van der Waals surface area contributed by atoms with Crippen LogP contribution in [-0.2, 0) is 16.0 Å². The summed E-state index contributed by atoms with van der Waals surface area (Å²) < 4.78 is 0. The van der Waals surface area contributed by atoms with Crippen molar-refractivity contribution in [2.24, 2.45) is 0 Å². The molecule has 5 heteroatoms. The monoisotopic (exact) mass is 277 g/mol. The van der Waals surface area contributed by atoms with Crippen LogP contribution in [0.25, 0.3) is 0 Å². The lowest BCUT2D eigenvalue weighted by atomic mass is 10.1. The van der Waals surface area contributed by atoms with E-state index in [0.29, 0.717) is 12.8 Å². The van der Waals surface area contributed by atoms with Gasteiger partial charge in [0.1, 0.15) is 6.04 Å². The van der Waals surface area contributed by atoms with Crippen LogP contribution in [0.15, 0.2) is 30.3 Å². The maximum atomic E-state index is 12.0. The summed E-state index contributed by atoms with van der Waals surface area (Å²) in [5.41, 5.74) is 1.16. The molecule has 2 atom stereocenters. The lowest BCUT2D eigenvalue weighted by molar-refractivity contribution is -0.148. The van der Waals surface area contributed by atoms with Crippen LogP contribution in [0.1, 0.15) is 24.8 Å². The summed E-state index contributed by atoms with van der Waals surface area (Å²) in [7, 11) is 0. The van der Waals surface area contributed by atoms with E-state index in [1.807, 2.05) is 30.3 Å². The van der Waals surface area contributed by atoms with Gasteiger partial charge in [0.25, 0.3) is 0 Å². The van der Waals surface area contributed by atoms with Crippen LogP contribution < -0.4 is 0 Å². The van der Waals surface area contributed by atoms with Crippen molar-refractivity contribution in [3.63, 3.8) is 0 Å². The van der Waals surface area contributed by atoms with Crippen LogP contribution in [0.5, 0.6) is 0 Å². The summed E-state index contributed by atoms with van der Waals surface area (Å²) in [4.78, 5) is 24.4. The highest BCUT2D eigenvalue weighted by atomic mass is 16.4. The van der Waals surface area contributed by atoms with Crippen molar-refractivity contribution in [1.29, 1.82) is 0 Å². The van der Waals surface area contributed by atoms with Gasteiger partial charge in [0.05, 0.1) is 6.10 Å². The minimum atomic E-state index is -1.04. The fourth-order valence-corrected chi connectivity index (χ4v) is 2.56. The zero-order valence-electron chi connectivity index (χ0n) is 11.2. The zero-order chi connectivity index (χ0) is 14.5. The number of benzene rings is 1. The molecular weight excluding hydrogens is 258 g/mol. The number of aliphatic hydroxyl groups excluding tert-OH is 1. The standard InChI is InChI=1S/C15H19NO4/c17-12-9-13(15(19)20)16(10-12)14(18)8-4-7-11-5-2-1-3-6-11/h1-3,5-6,12-13,17H,4,7-10H2,(H,19,20)/t12?,13-/m0/s1. The molecule has 0 spiro atoms. The van der Waals surface area contributed by atoms with Crippen LogP contribution in [0.4, 0.5) is 0 Å². The number of aliphatic carboxylic acids is 1. The number of aryl methyl sites for hydroxylation is 1. The highest BCUT2D eigenvalue weighted by Crippen LogP contribution is 2.20. The van der Waals surface area contributed by atoms with E-state index in [0.717, 1.165) is 12.0 Å². The quantitative estimate of drug-likeness (QED) is 0.843. The number of likely N-dealkylation sites (tertiary alicyclic amines) is 1. The number of carboxylic acid groups (broad SMARTS) is 1.